The molecule has 0 atom stereocenters. The number of nitrogens with one attached hydrogen (secondary N) is 1. The van der Waals surface area contributed by atoms with Gasteiger partial charge in [-0.3, -0.25) is 14.2 Å². The number of aryl methyl sites for hydroxylation is 2. The van der Waals surface area contributed by atoms with E-state index in [2.05, 4.69) is 15.5 Å². The molecule has 0 saturated heterocycles. The van der Waals surface area contributed by atoms with Gasteiger partial charge in [0.2, 0.25) is 5.91 Å². The maximum Gasteiger partial charge on any atom is 0.226 e. The predicted octanol–water partition coefficient (Wildman–Crippen LogP) is 2.28. The third-order valence-electron chi connectivity index (χ3n) is 3.34. The molecule has 1 N–H and O–H groups in total. The number of nitrogens with zero attached hydrogens (tertiary/aromatic N) is 4. The second kappa shape index (κ2) is 5.78. The van der Waals surface area contributed by atoms with Crippen LogP contribution in [0.15, 0.2) is 42.9 Å². The number of amides is 1. The summed E-state index contributed by atoms with van der Waals surface area (Å²) in [4.78, 5) is 12.0. The Morgan fingerprint density at radius 1 is 1.24 bits per heavy atom. The number of anilines is 1. The molecule has 1 aromatic carbocycles. The van der Waals surface area contributed by atoms with Gasteiger partial charge in [-0.05, 0) is 13.0 Å². The molecule has 0 saturated carbocycles. The number of rotatable bonds is 5. The predicted molar refractivity (Wildman–Crippen MR) is 80.9 cm³/mol. The lowest BCUT2D eigenvalue weighted by Crippen LogP contribution is -2.14. The summed E-state index contributed by atoms with van der Waals surface area (Å²) >= 11 is 0. The Hall–Kier alpha value is -2.63. The summed E-state index contributed by atoms with van der Waals surface area (Å²) in [5.74, 6) is -0.0368. The number of carbonyl (C=O) groups excluding carboxylic acids is 1. The van der Waals surface area contributed by atoms with Crippen LogP contribution in [0.3, 0.4) is 0 Å². The highest BCUT2D eigenvalue weighted by atomic mass is 16.1. The zero-order chi connectivity index (χ0) is 14.7. The van der Waals surface area contributed by atoms with E-state index in [9.17, 15) is 4.79 Å². The molecule has 0 bridgehead atoms. The van der Waals surface area contributed by atoms with Crippen molar-refractivity contribution in [3.63, 3.8) is 0 Å². The molecule has 0 fully saturated rings. The van der Waals surface area contributed by atoms with Crippen LogP contribution in [0, 0.1) is 0 Å². The van der Waals surface area contributed by atoms with Crippen molar-refractivity contribution in [1.29, 1.82) is 0 Å². The quantitative estimate of drug-likeness (QED) is 0.781. The van der Waals surface area contributed by atoms with E-state index >= 15 is 0 Å². The fourth-order valence-corrected chi connectivity index (χ4v) is 2.24. The first-order chi connectivity index (χ1) is 10.3. The van der Waals surface area contributed by atoms with E-state index in [1.807, 2.05) is 48.3 Å². The molecule has 0 unspecified atom stereocenters. The average Bonchev–Trinajstić information content (AvgIpc) is 3.11. The van der Waals surface area contributed by atoms with Crippen molar-refractivity contribution in [2.24, 2.45) is 0 Å². The van der Waals surface area contributed by atoms with Gasteiger partial charge in [-0.25, -0.2) is 0 Å². The molecule has 1 amide bonds. The Labute approximate surface area is 122 Å². The first-order valence-corrected chi connectivity index (χ1v) is 6.99. The molecule has 0 radical (unpaired) electrons. The fourth-order valence-electron chi connectivity index (χ4n) is 2.24. The number of fused-ring (bicyclic) bond motifs is 1. The molecule has 0 aliphatic rings. The molecule has 21 heavy (non-hydrogen) atoms. The van der Waals surface area contributed by atoms with Crippen LogP contribution in [0.25, 0.3) is 10.9 Å². The zero-order valence-electron chi connectivity index (χ0n) is 11.9. The van der Waals surface area contributed by atoms with Gasteiger partial charge in [0, 0.05) is 24.5 Å². The average molecular weight is 283 g/mol. The zero-order valence-corrected chi connectivity index (χ0v) is 11.9. The molecule has 3 rings (SSSR count). The van der Waals surface area contributed by atoms with E-state index in [0.29, 0.717) is 13.0 Å². The number of hydrogen-bond donors (Lipinski definition) is 1. The van der Waals surface area contributed by atoms with Gasteiger partial charge in [-0.2, -0.15) is 10.2 Å². The van der Waals surface area contributed by atoms with Crippen molar-refractivity contribution in [3.05, 3.63) is 42.9 Å². The monoisotopic (exact) mass is 283 g/mol. The number of benzene rings is 1. The molecule has 0 aliphatic heterocycles. The number of carbonyl (C=O) groups is 1. The fraction of sp³-hybridized carbons (Fsp3) is 0.267. The van der Waals surface area contributed by atoms with Gasteiger partial charge in [-0.1, -0.05) is 18.2 Å². The van der Waals surface area contributed by atoms with Crippen LogP contribution in [0.5, 0.6) is 0 Å². The van der Waals surface area contributed by atoms with Crippen LogP contribution in [0.2, 0.25) is 0 Å². The molecule has 0 aliphatic carbocycles. The second-order valence-corrected chi connectivity index (χ2v) is 4.81. The largest absolute Gasteiger partial charge is 0.323 e. The normalized spacial score (nSPS) is 10.9. The Bertz CT molecular complexity index is 758. The molecule has 2 aromatic heterocycles. The summed E-state index contributed by atoms with van der Waals surface area (Å²) < 4.78 is 3.63. The third-order valence-corrected chi connectivity index (χ3v) is 3.34. The van der Waals surface area contributed by atoms with Crippen molar-refractivity contribution >= 4 is 22.5 Å². The lowest BCUT2D eigenvalue weighted by atomic mass is 10.2. The highest BCUT2D eigenvalue weighted by molar-refractivity contribution is 5.90. The summed E-state index contributed by atoms with van der Waals surface area (Å²) in [5.41, 5.74) is 1.77. The SMILES string of the molecule is CCn1cc(NC(=O)CCn2ncc3ccccc32)cn1. The van der Waals surface area contributed by atoms with E-state index in [1.54, 1.807) is 10.9 Å². The minimum absolute atomic E-state index is 0.0368. The van der Waals surface area contributed by atoms with Crippen molar-refractivity contribution in [3.8, 4) is 0 Å². The molecule has 0 spiro atoms. The Morgan fingerprint density at radius 2 is 2.10 bits per heavy atom. The molecule has 6 nitrogen and oxygen atoms in total. The van der Waals surface area contributed by atoms with Crippen molar-refractivity contribution in [2.45, 2.75) is 26.4 Å². The van der Waals surface area contributed by atoms with Gasteiger partial charge in [0.05, 0.1) is 30.1 Å². The smallest absolute Gasteiger partial charge is 0.226 e. The minimum atomic E-state index is -0.0368. The summed E-state index contributed by atoms with van der Waals surface area (Å²) in [6, 6.07) is 7.97. The van der Waals surface area contributed by atoms with Gasteiger partial charge in [0.15, 0.2) is 0 Å². The van der Waals surface area contributed by atoms with E-state index in [4.69, 9.17) is 0 Å². The second-order valence-electron chi connectivity index (χ2n) is 4.81. The summed E-state index contributed by atoms with van der Waals surface area (Å²) in [6.07, 6.45) is 5.67. The van der Waals surface area contributed by atoms with Crippen molar-refractivity contribution < 1.29 is 4.79 Å². The van der Waals surface area contributed by atoms with E-state index in [1.165, 1.54) is 0 Å². The van der Waals surface area contributed by atoms with Gasteiger partial charge in [0.1, 0.15) is 0 Å². The molecule has 108 valence electrons. The first kappa shape index (κ1) is 13.4. The number of hydrogen-bond acceptors (Lipinski definition) is 3. The standard InChI is InChI=1S/C15H17N5O/c1-2-19-11-13(10-16-19)18-15(21)7-8-20-14-6-4-3-5-12(14)9-17-20/h3-6,9-11H,2,7-8H2,1H3,(H,18,21). The minimum Gasteiger partial charge on any atom is -0.323 e. The molecular weight excluding hydrogens is 266 g/mol. The van der Waals surface area contributed by atoms with Gasteiger partial charge in [-0.15, -0.1) is 0 Å². The topological polar surface area (TPSA) is 64.7 Å². The van der Waals surface area contributed by atoms with E-state index < -0.39 is 0 Å². The summed E-state index contributed by atoms with van der Waals surface area (Å²) in [7, 11) is 0. The van der Waals surface area contributed by atoms with Crippen LogP contribution in [-0.4, -0.2) is 25.5 Å². The van der Waals surface area contributed by atoms with Crippen LogP contribution >= 0.6 is 0 Å². The van der Waals surface area contributed by atoms with Gasteiger partial charge < -0.3 is 5.32 Å². The van der Waals surface area contributed by atoms with Crippen LogP contribution in [0.1, 0.15) is 13.3 Å². The Morgan fingerprint density at radius 3 is 2.90 bits per heavy atom. The highest BCUT2D eigenvalue weighted by Crippen LogP contribution is 2.13. The van der Waals surface area contributed by atoms with Crippen molar-refractivity contribution in [2.75, 3.05) is 5.32 Å². The van der Waals surface area contributed by atoms with Crippen molar-refractivity contribution in [1.82, 2.24) is 19.6 Å². The van der Waals surface area contributed by atoms with Crippen LogP contribution in [-0.2, 0) is 17.9 Å². The Balaban J connectivity index is 1.60. The number of para-hydroxylation sites is 1. The lowest BCUT2D eigenvalue weighted by molar-refractivity contribution is -0.116. The third kappa shape index (κ3) is 2.94. The summed E-state index contributed by atoms with van der Waals surface area (Å²) in [5, 5.41) is 12.4. The maximum absolute atomic E-state index is 12.0. The molecule has 2 heterocycles. The van der Waals surface area contributed by atoms with E-state index in [-0.39, 0.29) is 5.91 Å². The summed E-state index contributed by atoms with van der Waals surface area (Å²) in [6.45, 7) is 3.35. The van der Waals surface area contributed by atoms with Gasteiger partial charge >= 0.3 is 0 Å². The molecule has 3 aromatic rings. The molecular formula is C15H17N5O. The number of aromatic nitrogens is 4. The Kier molecular flexibility index (Phi) is 3.68. The molecule has 6 heteroatoms. The first-order valence-electron chi connectivity index (χ1n) is 6.99. The van der Waals surface area contributed by atoms with Crippen LogP contribution in [0.4, 0.5) is 5.69 Å². The van der Waals surface area contributed by atoms with Crippen LogP contribution < -0.4 is 5.32 Å². The maximum atomic E-state index is 12.0. The lowest BCUT2D eigenvalue weighted by Gasteiger charge is -2.04. The van der Waals surface area contributed by atoms with Gasteiger partial charge in [0.25, 0.3) is 0 Å². The van der Waals surface area contributed by atoms with E-state index in [0.717, 1.165) is 23.1 Å². The highest BCUT2D eigenvalue weighted by Gasteiger charge is 2.07.